The first kappa shape index (κ1) is 28.0. The smallest absolute Gasteiger partial charge is 0.350 e. The van der Waals surface area contributed by atoms with Gasteiger partial charge in [-0.1, -0.05) is 54.6 Å². The maximum atomic E-state index is 15.8. The van der Waals surface area contributed by atoms with Crippen LogP contribution < -0.4 is 5.73 Å². The van der Waals surface area contributed by atoms with E-state index >= 15 is 4.39 Å². The standard InChI is InChI=1S/C28H25ClFN5O7/c1-2-40-25(38)27(24(36)37,12-14-8-10-16(11-9-14)15-6-4-3-5-7-15)42-20-19-28(20,39)18(30)23(41-19)35-13-32-17-21(31)33-26(29)34-22(17)35/h3-11,13,18-20,23,39H,2,12H2,1H3,(H,36,37)(H2,31,33,34)/t18-,19-,20?,23-,27?,28+/m1/s1. The van der Waals surface area contributed by atoms with Crippen LogP contribution in [0.25, 0.3) is 22.3 Å². The number of nitrogens with two attached hydrogens (primary N) is 1. The van der Waals surface area contributed by atoms with Crippen molar-refractivity contribution in [3.63, 3.8) is 0 Å². The molecule has 2 unspecified atom stereocenters. The van der Waals surface area contributed by atoms with Crippen molar-refractivity contribution < 1.29 is 38.4 Å². The largest absolute Gasteiger partial charge is 0.479 e. The molecule has 2 fully saturated rings. The van der Waals surface area contributed by atoms with Crippen LogP contribution in [-0.4, -0.2) is 77.9 Å². The van der Waals surface area contributed by atoms with Crippen molar-refractivity contribution >= 4 is 40.5 Å². The lowest BCUT2D eigenvalue weighted by atomic mass is 9.92. The molecule has 0 bridgehead atoms. The topological polar surface area (TPSA) is 172 Å². The molecule has 0 amide bonds. The highest BCUT2D eigenvalue weighted by Crippen LogP contribution is 2.58. The van der Waals surface area contributed by atoms with Crippen LogP contribution in [0.1, 0.15) is 18.7 Å². The van der Waals surface area contributed by atoms with E-state index in [4.69, 9.17) is 31.5 Å². The lowest BCUT2D eigenvalue weighted by molar-refractivity contribution is -0.198. The highest BCUT2D eigenvalue weighted by molar-refractivity contribution is 6.28. The molecule has 3 heterocycles. The van der Waals surface area contributed by atoms with E-state index in [9.17, 15) is 19.8 Å². The van der Waals surface area contributed by atoms with Crippen molar-refractivity contribution in [2.75, 3.05) is 12.3 Å². The lowest BCUT2D eigenvalue weighted by Crippen LogP contribution is -2.54. The van der Waals surface area contributed by atoms with Gasteiger partial charge in [-0.15, -0.1) is 0 Å². The van der Waals surface area contributed by atoms with E-state index in [1.54, 1.807) is 24.3 Å². The third-order valence-electron chi connectivity index (χ3n) is 7.54. The number of carbonyl (C=O) groups is 2. The molecule has 12 nitrogen and oxygen atoms in total. The number of carbonyl (C=O) groups excluding carboxylic acids is 1. The Hall–Kier alpha value is -4.17. The molecule has 1 aliphatic carbocycles. The first-order valence-electron chi connectivity index (χ1n) is 13.0. The molecule has 1 aliphatic heterocycles. The molecule has 6 atom stereocenters. The predicted octanol–water partition coefficient (Wildman–Crippen LogP) is 2.72. The number of fused-ring (bicyclic) bond motifs is 2. The first-order chi connectivity index (χ1) is 20.1. The van der Waals surface area contributed by atoms with Crippen LogP contribution in [-0.2, 0) is 30.2 Å². The number of aromatic nitrogens is 4. The molecule has 0 spiro atoms. The summed E-state index contributed by atoms with van der Waals surface area (Å²) in [5.41, 5.74) is 3.46. The van der Waals surface area contributed by atoms with Gasteiger partial charge in [-0.05, 0) is 35.2 Å². The minimum absolute atomic E-state index is 0.0280. The summed E-state index contributed by atoms with van der Waals surface area (Å²) in [5.74, 6) is -2.87. The van der Waals surface area contributed by atoms with Crippen LogP contribution in [0.2, 0.25) is 5.28 Å². The van der Waals surface area contributed by atoms with Crippen molar-refractivity contribution in [2.45, 2.75) is 49.2 Å². The summed E-state index contributed by atoms with van der Waals surface area (Å²) in [7, 11) is 0. The van der Waals surface area contributed by atoms with E-state index in [1.165, 1.54) is 17.8 Å². The molecular weight excluding hydrogens is 573 g/mol. The van der Waals surface area contributed by atoms with Gasteiger partial charge in [-0.25, -0.2) is 19.0 Å². The fourth-order valence-corrected chi connectivity index (χ4v) is 5.48. The van der Waals surface area contributed by atoms with E-state index in [1.807, 2.05) is 30.3 Å². The summed E-state index contributed by atoms with van der Waals surface area (Å²) in [6.07, 6.45) is -5.58. The average Bonchev–Trinajstić information content (AvgIpc) is 3.21. The summed E-state index contributed by atoms with van der Waals surface area (Å²) >= 11 is 5.90. The number of anilines is 1. The number of hydrogen-bond donors (Lipinski definition) is 3. The van der Waals surface area contributed by atoms with Gasteiger partial charge in [0.05, 0.1) is 12.9 Å². The molecule has 4 aromatic rings. The molecule has 6 rings (SSSR count). The summed E-state index contributed by atoms with van der Waals surface area (Å²) in [4.78, 5) is 37.7. The van der Waals surface area contributed by atoms with E-state index in [-0.39, 0.29) is 28.9 Å². The zero-order valence-corrected chi connectivity index (χ0v) is 22.8. The third kappa shape index (κ3) is 4.36. The quantitative estimate of drug-likeness (QED) is 0.147. The van der Waals surface area contributed by atoms with Gasteiger partial charge >= 0.3 is 11.9 Å². The van der Waals surface area contributed by atoms with Crippen LogP contribution >= 0.6 is 11.6 Å². The summed E-state index contributed by atoms with van der Waals surface area (Å²) in [6.45, 7) is 1.38. The monoisotopic (exact) mass is 597 g/mol. The van der Waals surface area contributed by atoms with Gasteiger partial charge in [0.1, 0.15) is 17.7 Å². The minimum Gasteiger partial charge on any atom is -0.479 e. The number of nitrogen functional groups attached to an aromatic ring is 1. The Morgan fingerprint density at radius 3 is 2.48 bits per heavy atom. The molecule has 0 radical (unpaired) electrons. The normalized spacial score (nSPS) is 26.0. The van der Waals surface area contributed by atoms with E-state index in [0.29, 0.717) is 5.56 Å². The highest BCUT2D eigenvalue weighted by Gasteiger charge is 2.80. The van der Waals surface area contributed by atoms with Crippen molar-refractivity contribution in [3.05, 3.63) is 71.8 Å². The van der Waals surface area contributed by atoms with Gasteiger partial charge in [0.2, 0.25) is 5.28 Å². The van der Waals surface area contributed by atoms with E-state index in [2.05, 4.69) is 15.0 Å². The van der Waals surface area contributed by atoms with Crippen molar-refractivity contribution in [2.24, 2.45) is 0 Å². The van der Waals surface area contributed by atoms with E-state index < -0.39 is 54.2 Å². The van der Waals surface area contributed by atoms with Gasteiger partial charge in [0, 0.05) is 6.42 Å². The van der Waals surface area contributed by atoms with Gasteiger partial charge in [-0.2, -0.15) is 9.97 Å². The van der Waals surface area contributed by atoms with Gasteiger partial charge in [-0.3, -0.25) is 4.57 Å². The number of nitrogens with zero attached hydrogens (tertiary/aromatic N) is 4. The number of imidazole rings is 1. The minimum atomic E-state index is -2.59. The molecule has 4 N–H and O–H groups in total. The highest BCUT2D eigenvalue weighted by atomic mass is 35.5. The molecule has 1 saturated carbocycles. The van der Waals surface area contributed by atoms with Crippen molar-refractivity contribution in [1.82, 2.24) is 19.5 Å². The Morgan fingerprint density at radius 1 is 1.17 bits per heavy atom. The Balaban J connectivity index is 1.27. The van der Waals surface area contributed by atoms with Crippen LogP contribution in [0.4, 0.5) is 10.2 Å². The number of rotatable bonds is 9. The second kappa shape index (κ2) is 10.3. The number of carboxylic acid groups (broad SMARTS) is 1. The van der Waals surface area contributed by atoms with Crippen LogP contribution in [0.3, 0.4) is 0 Å². The SMILES string of the molecule is CCOC(=O)C(Cc1ccc(-c2ccccc2)cc1)(OC1[C@H]2O[C@@H](n3cnc4c(N)nc(Cl)nc43)[C@@H](F)[C@@]12O)C(=O)O. The Morgan fingerprint density at radius 2 is 1.86 bits per heavy atom. The molecule has 2 aliphatic rings. The first-order valence-corrected chi connectivity index (χ1v) is 13.4. The summed E-state index contributed by atoms with van der Waals surface area (Å²) in [6, 6.07) is 16.4. The van der Waals surface area contributed by atoms with Gasteiger partial charge in [0.15, 0.2) is 29.5 Å². The third-order valence-corrected chi connectivity index (χ3v) is 7.71. The Kier molecular flexibility index (Phi) is 6.84. The van der Waals surface area contributed by atoms with Gasteiger partial charge in [0.25, 0.3) is 5.60 Å². The number of aliphatic hydroxyl groups is 1. The molecule has 14 heteroatoms. The zero-order valence-electron chi connectivity index (χ0n) is 22.1. The van der Waals surface area contributed by atoms with Crippen LogP contribution in [0.5, 0.6) is 0 Å². The fraction of sp³-hybridized carbons (Fsp3) is 0.321. The number of alkyl halides is 1. The number of carboxylic acids is 1. The molecule has 218 valence electrons. The average molecular weight is 598 g/mol. The number of ether oxygens (including phenoxy) is 3. The Bertz CT molecular complexity index is 1670. The molecule has 2 aromatic heterocycles. The van der Waals surface area contributed by atoms with Crippen molar-refractivity contribution in [1.29, 1.82) is 0 Å². The predicted molar refractivity (Wildman–Crippen MR) is 146 cm³/mol. The fourth-order valence-electron chi connectivity index (χ4n) is 5.31. The zero-order chi connectivity index (χ0) is 29.8. The molecule has 42 heavy (non-hydrogen) atoms. The summed E-state index contributed by atoms with van der Waals surface area (Å²) < 4.78 is 33.7. The number of halogens is 2. The molecule has 1 saturated heterocycles. The van der Waals surface area contributed by atoms with Crippen LogP contribution in [0, 0.1) is 0 Å². The number of benzene rings is 2. The second-order valence-corrected chi connectivity index (χ2v) is 10.4. The maximum absolute atomic E-state index is 15.8. The number of aliphatic carboxylic acids is 1. The second-order valence-electron chi connectivity index (χ2n) is 10.1. The number of esters is 1. The molecular formula is C28H25ClFN5O7. The Labute approximate surface area is 242 Å². The lowest BCUT2D eigenvalue weighted by Gasteiger charge is -2.30. The van der Waals surface area contributed by atoms with E-state index in [0.717, 1.165) is 11.1 Å². The van der Waals surface area contributed by atoms with Crippen LogP contribution in [0.15, 0.2) is 60.9 Å². The van der Waals surface area contributed by atoms with Gasteiger partial charge < -0.3 is 30.2 Å². The summed E-state index contributed by atoms with van der Waals surface area (Å²) in [5, 5.41) is 21.3. The molecule has 2 aromatic carbocycles. The maximum Gasteiger partial charge on any atom is 0.350 e. The number of hydrogen-bond acceptors (Lipinski definition) is 10. The van der Waals surface area contributed by atoms with Crippen molar-refractivity contribution in [3.8, 4) is 11.1 Å².